The Balaban J connectivity index is 1.51. The van der Waals surface area contributed by atoms with Crippen molar-refractivity contribution in [1.82, 2.24) is 15.5 Å². The number of para-hydroxylation sites is 1. The summed E-state index contributed by atoms with van der Waals surface area (Å²) in [5.74, 6) is 0.552. The molecule has 1 atom stereocenters. The number of ether oxygens (including phenoxy) is 1. The summed E-state index contributed by atoms with van der Waals surface area (Å²) in [5, 5.41) is 17.6. The van der Waals surface area contributed by atoms with Gasteiger partial charge in [-0.2, -0.15) is 0 Å². The molecule has 0 radical (unpaired) electrons. The van der Waals surface area contributed by atoms with Crippen LogP contribution >= 0.6 is 0 Å². The Morgan fingerprint density at radius 2 is 2.15 bits per heavy atom. The molecule has 2 aromatic heterocycles. The average molecular weight is 367 g/mol. The Kier molecular flexibility index (Phi) is 4.77. The second-order valence-corrected chi connectivity index (χ2v) is 6.87. The zero-order valence-electron chi connectivity index (χ0n) is 15.0. The Hall–Kier alpha value is -2.93. The number of carbonyl (C=O) groups is 1. The molecule has 3 aromatic rings. The molecule has 2 N–H and O–H groups in total. The first-order valence-electron chi connectivity index (χ1n) is 8.94. The van der Waals surface area contributed by atoms with E-state index in [1.165, 1.54) is 0 Å². The van der Waals surface area contributed by atoms with Crippen LogP contribution in [0.15, 0.2) is 47.1 Å². The van der Waals surface area contributed by atoms with Gasteiger partial charge in [0.1, 0.15) is 5.69 Å². The van der Waals surface area contributed by atoms with Crippen molar-refractivity contribution in [3.05, 3.63) is 53.9 Å². The van der Waals surface area contributed by atoms with Gasteiger partial charge in [0.15, 0.2) is 5.58 Å². The first kappa shape index (κ1) is 17.5. The van der Waals surface area contributed by atoms with E-state index < -0.39 is 0 Å². The molecule has 0 spiro atoms. The second-order valence-electron chi connectivity index (χ2n) is 6.87. The van der Waals surface area contributed by atoms with E-state index in [9.17, 15) is 9.90 Å². The lowest BCUT2D eigenvalue weighted by atomic mass is 9.75. The monoisotopic (exact) mass is 367 g/mol. The maximum Gasteiger partial charge on any atom is 0.226 e. The van der Waals surface area contributed by atoms with Gasteiger partial charge in [0.05, 0.1) is 25.7 Å². The van der Waals surface area contributed by atoms with Crippen molar-refractivity contribution in [3.63, 3.8) is 0 Å². The summed E-state index contributed by atoms with van der Waals surface area (Å²) in [4.78, 5) is 16.9. The molecular weight excluding hydrogens is 346 g/mol. The number of hydrogen-bond donors (Lipinski definition) is 2. The number of nitrogens with zero attached hydrogens (tertiary/aromatic N) is 2. The molecule has 4 rings (SSSR count). The average Bonchev–Trinajstić information content (AvgIpc) is 3.07. The number of methoxy groups -OCH3 is 1. The number of pyridine rings is 1. The van der Waals surface area contributed by atoms with Crippen molar-refractivity contribution in [1.29, 1.82) is 0 Å². The minimum Gasteiger partial charge on any atom is -0.481 e. The molecule has 0 unspecified atom stereocenters. The summed E-state index contributed by atoms with van der Waals surface area (Å²) >= 11 is 0. The van der Waals surface area contributed by atoms with Gasteiger partial charge in [-0.05, 0) is 36.5 Å². The Morgan fingerprint density at radius 3 is 2.85 bits per heavy atom. The van der Waals surface area contributed by atoms with Crippen LogP contribution in [-0.4, -0.2) is 34.4 Å². The first-order valence-corrected chi connectivity index (χ1v) is 8.94. The fourth-order valence-corrected chi connectivity index (χ4v) is 3.51. The normalized spacial score (nSPS) is 20.1. The largest absolute Gasteiger partial charge is 0.481 e. The minimum absolute atomic E-state index is 0.131. The number of carbonyl (C=O) groups excluding carboxylic acids is 1. The Morgan fingerprint density at radius 1 is 1.33 bits per heavy atom. The van der Waals surface area contributed by atoms with E-state index in [1.54, 1.807) is 19.4 Å². The predicted octanol–water partition coefficient (Wildman–Crippen LogP) is 2.40. The highest BCUT2D eigenvalue weighted by Gasteiger charge is 2.36. The molecule has 7 heteroatoms. The van der Waals surface area contributed by atoms with E-state index >= 15 is 0 Å². The molecule has 1 fully saturated rings. The van der Waals surface area contributed by atoms with E-state index in [4.69, 9.17) is 9.26 Å². The number of benzene rings is 1. The van der Waals surface area contributed by atoms with Crippen LogP contribution in [0.25, 0.3) is 11.0 Å². The van der Waals surface area contributed by atoms with Gasteiger partial charge >= 0.3 is 0 Å². The topological polar surface area (TPSA) is 97.5 Å². The zero-order valence-corrected chi connectivity index (χ0v) is 15.0. The van der Waals surface area contributed by atoms with Gasteiger partial charge in [-0.3, -0.25) is 4.79 Å². The van der Waals surface area contributed by atoms with Crippen molar-refractivity contribution in [2.45, 2.75) is 31.4 Å². The molecule has 1 aliphatic rings. The first-order chi connectivity index (χ1) is 13.1. The Bertz CT molecular complexity index is 932. The van der Waals surface area contributed by atoms with Crippen molar-refractivity contribution in [2.24, 2.45) is 5.92 Å². The molecule has 7 nitrogen and oxygen atoms in total. The van der Waals surface area contributed by atoms with Gasteiger partial charge in [0.2, 0.25) is 11.8 Å². The van der Waals surface area contributed by atoms with Crippen LogP contribution in [0.3, 0.4) is 0 Å². The van der Waals surface area contributed by atoms with Crippen LogP contribution in [0.2, 0.25) is 0 Å². The smallest absolute Gasteiger partial charge is 0.226 e. The Labute approximate surface area is 156 Å². The molecule has 27 heavy (non-hydrogen) atoms. The van der Waals surface area contributed by atoms with Gasteiger partial charge < -0.3 is 19.7 Å². The highest BCUT2D eigenvalue weighted by Crippen LogP contribution is 2.38. The third-order valence-corrected chi connectivity index (χ3v) is 5.05. The molecule has 1 amide bonds. The van der Waals surface area contributed by atoms with Gasteiger partial charge in [0.25, 0.3) is 0 Å². The number of aliphatic hydroxyl groups is 1. The molecule has 0 aliphatic heterocycles. The maximum atomic E-state index is 12.7. The third-order valence-electron chi connectivity index (χ3n) is 5.05. The third kappa shape index (κ3) is 3.64. The van der Waals surface area contributed by atoms with Crippen LogP contribution in [0.1, 0.15) is 30.1 Å². The summed E-state index contributed by atoms with van der Waals surface area (Å²) < 4.78 is 10.4. The minimum atomic E-state index is -0.305. The lowest BCUT2D eigenvalue weighted by Gasteiger charge is -2.38. The number of amides is 1. The van der Waals surface area contributed by atoms with Crippen molar-refractivity contribution in [3.8, 4) is 5.88 Å². The highest BCUT2D eigenvalue weighted by molar-refractivity contribution is 5.86. The van der Waals surface area contributed by atoms with Gasteiger partial charge in [0, 0.05) is 17.6 Å². The molecule has 0 saturated heterocycles. The van der Waals surface area contributed by atoms with E-state index in [0.717, 1.165) is 10.9 Å². The quantitative estimate of drug-likeness (QED) is 0.694. The van der Waals surface area contributed by atoms with Crippen LogP contribution in [0.4, 0.5) is 0 Å². The number of fused-ring (bicyclic) bond motifs is 1. The maximum absolute atomic E-state index is 12.7. The van der Waals surface area contributed by atoms with Crippen LogP contribution < -0.4 is 10.1 Å². The summed E-state index contributed by atoms with van der Waals surface area (Å²) in [5.41, 5.74) is 2.17. The second kappa shape index (κ2) is 7.36. The van der Waals surface area contributed by atoms with Gasteiger partial charge in [-0.1, -0.05) is 23.4 Å². The fourth-order valence-electron chi connectivity index (χ4n) is 3.51. The molecule has 1 aromatic carbocycles. The SMILES string of the molecule is COc1ccc([C@@H](NC(=O)Cc2noc3ccccc23)C2CC(O)C2)cn1. The van der Waals surface area contributed by atoms with E-state index in [2.05, 4.69) is 15.5 Å². The fraction of sp³-hybridized carbons (Fsp3) is 0.350. The van der Waals surface area contributed by atoms with E-state index in [-0.39, 0.29) is 30.4 Å². The summed E-state index contributed by atoms with van der Waals surface area (Å²) in [6, 6.07) is 10.9. The number of rotatable bonds is 6. The summed E-state index contributed by atoms with van der Waals surface area (Å²) in [6.45, 7) is 0. The van der Waals surface area contributed by atoms with Gasteiger partial charge in [-0.15, -0.1) is 0 Å². The highest BCUT2D eigenvalue weighted by atomic mass is 16.5. The standard InChI is InChI=1S/C20H21N3O4/c1-26-19-7-6-12(11-21-19)20(13-8-14(24)9-13)22-18(25)10-16-15-4-2-3-5-17(15)27-23-16/h2-7,11,13-14,20,24H,8-10H2,1H3,(H,22,25)/t13?,14?,20-/m1/s1. The number of aromatic nitrogens is 2. The van der Waals surface area contributed by atoms with Crippen LogP contribution in [0, 0.1) is 5.92 Å². The van der Waals surface area contributed by atoms with Gasteiger partial charge in [-0.25, -0.2) is 4.98 Å². The number of aliphatic hydroxyl groups excluding tert-OH is 1. The molecule has 140 valence electrons. The van der Waals surface area contributed by atoms with Crippen molar-refractivity contribution < 1.29 is 19.2 Å². The summed E-state index contributed by atoms with van der Waals surface area (Å²) in [6.07, 6.45) is 2.85. The summed E-state index contributed by atoms with van der Waals surface area (Å²) in [7, 11) is 1.56. The van der Waals surface area contributed by atoms with Crippen molar-refractivity contribution >= 4 is 16.9 Å². The molecule has 2 heterocycles. The van der Waals surface area contributed by atoms with E-state index in [0.29, 0.717) is 30.0 Å². The molecular formula is C20H21N3O4. The van der Waals surface area contributed by atoms with Crippen LogP contribution in [-0.2, 0) is 11.2 Å². The lowest BCUT2D eigenvalue weighted by Crippen LogP contribution is -2.42. The molecule has 0 bridgehead atoms. The van der Waals surface area contributed by atoms with Crippen molar-refractivity contribution in [2.75, 3.05) is 7.11 Å². The number of nitrogens with one attached hydrogen (secondary N) is 1. The predicted molar refractivity (Wildman–Crippen MR) is 98.1 cm³/mol. The lowest BCUT2D eigenvalue weighted by molar-refractivity contribution is -0.122. The van der Waals surface area contributed by atoms with Crippen LogP contribution in [0.5, 0.6) is 5.88 Å². The van der Waals surface area contributed by atoms with E-state index in [1.807, 2.05) is 30.3 Å². The number of hydrogen-bond acceptors (Lipinski definition) is 6. The zero-order chi connectivity index (χ0) is 18.8. The molecule has 1 aliphatic carbocycles. The molecule has 1 saturated carbocycles.